The molecule has 2 nitrogen and oxygen atoms in total. The van der Waals surface area contributed by atoms with E-state index < -0.39 is 0 Å². The highest BCUT2D eigenvalue weighted by Crippen LogP contribution is 2.03. The predicted molar refractivity (Wildman–Crippen MR) is 44.0 cm³/mol. The van der Waals surface area contributed by atoms with Crippen molar-refractivity contribution >= 4 is 0 Å². The van der Waals surface area contributed by atoms with Crippen molar-refractivity contribution in [3.05, 3.63) is 0 Å². The molecule has 0 rings (SSSR count). The molecule has 0 aromatic heterocycles. The number of ether oxygens (including phenoxy) is 1. The molecule has 0 aromatic carbocycles. The highest BCUT2D eigenvalue weighted by Gasteiger charge is 2.14. The second-order valence-electron chi connectivity index (χ2n) is 3.53. The highest BCUT2D eigenvalue weighted by molar-refractivity contribution is 4.71. The first kappa shape index (κ1) is 9.92. The summed E-state index contributed by atoms with van der Waals surface area (Å²) in [7, 11) is 1.73. The number of hydrogen-bond acceptors (Lipinski definition) is 2. The third-order valence-electron chi connectivity index (χ3n) is 1.25. The highest BCUT2D eigenvalue weighted by atomic mass is 16.5. The van der Waals surface area contributed by atoms with Crippen molar-refractivity contribution in [2.75, 3.05) is 7.11 Å². The maximum Gasteiger partial charge on any atom is 0.107 e. The van der Waals surface area contributed by atoms with E-state index in [9.17, 15) is 0 Å². The van der Waals surface area contributed by atoms with Gasteiger partial charge < -0.3 is 4.74 Å². The molecule has 10 heavy (non-hydrogen) atoms. The molecule has 1 atom stereocenters. The van der Waals surface area contributed by atoms with Crippen molar-refractivity contribution in [2.45, 2.75) is 45.9 Å². The van der Waals surface area contributed by atoms with Crippen LogP contribution in [-0.4, -0.2) is 18.9 Å². The molecular weight excluding hydrogens is 126 g/mol. The molecule has 0 amide bonds. The topological polar surface area (TPSA) is 21.3 Å². The number of rotatable bonds is 3. The van der Waals surface area contributed by atoms with Crippen molar-refractivity contribution in [3.8, 4) is 0 Å². The van der Waals surface area contributed by atoms with Gasteiger partial charge in [0.05, 0.1) is 0 Å². The van der Waals surface area contributed by atoms with Gasteiger partial charge in [-0.2, -0.15) is 0 Å². The van der Waals surface area contributed by atoms with Crippen LogP contribution in [0.3, 0.4) is 0 Å². The Labute approximate surface area is 64.0 Å². The average molecular weight is 145 g/mol. The van der Waals surface area contributed by atoms with E-state index >= 15 is 0 Å². The van der Waals surface area contributed by atoms with Crippen LogP contribution in [0.2, 0.25) is 0 Å². The summed E-state index contributed by atoms with van der Waals surface area (Å²) in [5, 5.41) is 3.33. The van der Waals surface area contributed by atoms with Crippen LogP contribution >= 0.6 is 0 Å². The minimum absolute atomic E-state index is 0.149. The quantitative estimate of drug-likeness (QED) is 0.611. The molecule has 0 aromatic rings. The van der Waals surface area contributed by atoms with E-state index in [0.29, 0.717) is 0 Å². The van der Waals surface area contributed by atoms with Gasteiger partial charge in [0.1, 0.15) is 6.23 Å². The van der Waals surface area contributed by atoms with Crippen molar-refractivity contribution in [2.24, 2.45) is 0 Å². The fourth-order valence-corrected chi connectivity index (χ4v) is 0.811. The summed E-state index contributed by atoms with van der Waals surface area (Å²) in [5.74, 6) is 0. The zero-order valence-electron chi connectivity index (χ0n) is 7.69. The second-order valence-corrected chi connectivity index (χ2v) is 3.53. The molecule has 0 aliphatic rings. The maximum atomic E-state index is 5.16. The number of nitrogens with one attached hydrogen (secondary N) is 1. The van der Waals surface area contributed by atoms with E-state index in [1.807, 2.05) is 0 Å². The first-order chi connectivity index (χ1) is 4.49. The number of methoxy groups -OCH3 is 1. The summed E-state index contributed by atoms with van der Waals surface area (Å²) in [4.78, 5) is 0. The Balaban J connectivity index is 3.63. The molecule has 1 unspecified atom stereocenters. The Morgan fingerprint density at radius 1 is 1.40 bits per heavy atom. The van der Waals surface area contributed by atoms with Crippen molar-refractivity contribution in [3.63, 3.8) is 0 Å². The SMILES string of the molecule is CCC(NC(C)(C)C)OC. The Morgan fingerprint density at radius 2 is 1.90 bits per heavy atom. The standard InChI is InChI=1S/C8H19NO/c1-6-7(10-5)9-8(2,3)4/h7,9H,6H2,1-5H3. The van der Waals surface area contributed by atoms with E-state index in [0.717, 1.165) is 6.42 Å². The number of hydrogen-bond donors (Lipinski definition) is 1. The molecule has 0 aliphatic heterocycles. The van der Waals surface area contributed by atoms with Crippen LogP contribution < -0.4 is 5.32 Å². The van der Waals surface area contributed by atoms with Gasteiger partial charge in [0.2, 0.25) is 0 Å². The zero-order chi connectivity index (χ0) is 8.20. The lowest BCUT2D eigenvalue weighted by Crippen LogP contribution is -2.44. The van der Waals surface area contributed by atoms with Crippen molar-refractivity contribution < 1.29 is 4.74 Å². The summed E-state index contributed by atoms with van der Waals surface area (Å²) in [6.45, 7) is 8.50. The first-order valence-corrected chi connectivity index (χ1v) is 3.80. The fraction of sp³-hybridized carbons (Fsp3) is 1.00. The van der Waals surface area contributed by atoms with Gasteiger partial charge in [-0.3, -0.25) is 5.32 Å². The molecule has 2 heteroatoms. The van der Waals surface area contributed by atoms with E-state index in [1.165, 1.54) is 0 Å². The monoisotopic (exact) mass is 145 g/mol. The Bertz CT molecular complexity index is 81.7. The fourth-order valence-electron chi connectivity index (χ4n) is 0.811. The van der Waals surface area contributed by atoms with Gasteiger partial charge in [0, 0.05) is 12.6 Å². The summed E-state index contributed by atoms with van der Waals surface area (Å²) in [6.07, 6.45) is 1.20. The molecular formula is C8H19NO. The molecule has 0 heterocycles. The van der Waals surface area contributed by atoms with Crippen molar-refractivity contribution in [1.82, 2.24) is 5.32 Å². The molecule has 0 fully saturated rings. The van der Waals surface area contributed by atoms with E-state index in [4.69, 9.17) is 4.74 Å². The zero-order valence-corrected chi connectivity index (χ0v) is 7.69. The van der Waals surface area contributed by atoms with Gasteiger partial charge in [-0.05, 0) is 27.2 Å². The van der Waals surface area contributed by atoms with Gasteiger partial charge in [0.25, 0.3) is 0 Å². The first-order valence-electron chi connectivity index (χ1n) is 3.80. The third-order valence-corrected chi connectivity index (χ3v) is 1.25. The van der Waals surface area contributed by atoms with Crippen LogP contribution in [0.4, 0.5) is 0 Å². The minimum Gasteiger partial charge on any atom is -0.367 e. The summed E-state index contributed by atoms with van der Waals surface area (Å²) in [5.41, 5.74) is 0.149. The second kappa shape index (κ2) is 3.94. The normalized spacial score (nSPS) is 15.3. The van der Waals surface area contributed by atoms with Crippen LogP contribution in [0, 0.1) is 0 Å². The predicted octanol–water partition coefficient (Wildman–Crippen LogP) is 1.76. The summed E-state index contributed by atoms with van der Waals surface area (Å²) in [6, 6.07) is 0. The molecule has 0 bridgehead atoms. The van der Waals surface area contributed by atoms with Crippen molar-refractivity contribution in [1.29, 1.82) is 0 Å². The van der Waals surface area contributed by atoms with Crippen LogP contribution in [0.1, 0.15) is 34.1 Å². The van der Waals surface area contributed by atoms with Crippen LogP contribution in [0.25, 0.3) is 0 Å². The Morgan fingerprint density at radius 3 is 2.00 bits per heavy atom. The van der Waals surface area contributed by atoms with Gasteiger partial charge in [-0.1, -0.05) is 6.92 Å². The Kier molecular flexibility index (Phi) is 3.91. The summed E-state index contributed by atoms with van der Waals surface area (Å²) >= 11 is 0. The van der Waals surface area contributed by atoms with Gasteiger partial charge in [-0.25, -0.2) is 0 Å². The molecule has 62 valence electrons. The third kappa shape index (κ3) is 4.77. The summed E-state index contributed by atoms with van der Waals surface area (Å²) < 4.78 is 5.16. The van der Waals surface area contributed by atoms with Gasteiger partial charge in [-0.15, -0.1) is 0 Å². The molecule has 0 spiro atoms. The van der Waals surface area contributed by atoms with E-state index in [-0.39, 0.29) is 11.8 Å². The lowest BCUT2D eigenvalue weighted by Gasteiger charge is -2.26. The van der Waals surface area contributed by atoms with Crippen LogP contribution in [0.15, 0.2) is 0 Å². The molecule has 1 N–H and O–H groups in total. The van der Waals surface area contributed by atoms with Crippen LogP contribution in [-0.2, 0) is 4.74 Å². The van der Waals surface area contributed by atoms with Gasteiger partial charge >= 0.3 is 0 Å². The smallest absolute Gasteiger partial charge is 0.107 e. The largest absolute Gasteiger partial charge is 0.367 e. The Hall–Kier alpha value is -0.0800. The maximum absolute atomic E-state index is 5.16. The van der Waals surface area contributed by atoms with Crippen LogP contribution in [0.5, 0.6) is 0 Å². The lowest BCUT2D eigenvalue weighted by atomic mass is 10.1. The average Bonchev–Trinajstić information content (AvgIpc) is 1.81. The molecule has 0 aliphatic carbocycles. The van der Waals surface area contributed by atoms with E-state index in [1.54, 1.807) is 7.11 Å². The lowest BCUT2D eigenvalue weighted by molar-refractivity contribution is 0.0495. The van der Waals surface area contributed by atoms with Gasteiger partial charge in [0.15, 0.2) is 0 Å². The minimum atomic E-state index is 0.149. The molecule has 0 saturated heterocycles. The molecule has 0 saturated carbocycles. The molecule has 0 radical (unpaired) electrons. The van der Waals surface area contributed by atoms with E-state index in [2.05, 4.69) is 33.0 Å².